The Kier molecular flexibility index (Phi) is 6.30. The summed E-state index contributed by atoms with van der Waals surface area (Å²) in [4.78, 5) is 32.1. The summed E-state index contributed by atoms with van der Waals surface area (Å²) in [5.74, 6) is -0.407. The van der Waals surface area contributed by atoms with Gasteiger partial charge in [0.25, 0.3) is 5.91 Å². The van der Waals surface area contributed by atoms with Crippen molar-refractivity contribution in [1.82, 2.24) is 9.97 Å². The number of esters is 1. The molecule has 2 N–H and O–H groups in total. The highest BCUT2D eigenvalue weighted by atomic mass is 35.5. The van der Waals surface area contributed by atoms with E-state index in [1.165, 1.54) is 37.7 Å². The summed E-state index contributed by atoms with van der Waals surface area (Å²) < 4.78 is 4.65. The molecule has 0 aliphatic rings. The number of carbonyl (C=O) groups is 2. The maximum absolute atomic E-state index is 12.3. The highest BCUT2D eigenvalue weighted by Gasteiger charge is 2.14. The summed E-state index contributed by atoms with van der Waals surface area (Å²) in [5, 5.41) is 6.08. The van der Waals surface area contributed by atoms with Gasteiger partial charge in [0.2, 0.25) is 0 Å². The van der Waals surface area contributed by atoms with Crippen LogP contribution in [0.15, 0.2) is 30.6 Å². The molecule has 0 aliphatic carbocycles. The van der Waals surface area contributed by atoms with E-state index >= 15 is 0 Å². The summed E-state index contributed by atoms with van der Waals surface area (Å²) >= 11 is 6.06. The fourth-order valence-corrected chi connectivity index (χ4v) is 2.09. The van der Waals surface area contributed by atoms with Gasteiger partial charge in [-0.25, -0.2) is 14.8 Å². The number of benzene rings is 1. The number of hydrogen-bond donors (Lipinski definition) is 2. The van der Waals surface area contributed by atoms with Gasteiger partial charge < -0.3 is 15.4 Å². The zero-order chi connectivity index (χ0) is 18.4. The van der Waals surface area contributed by atoms with E-state index < -0.39 is 11.9 Å². The SMILES string of the molecule is CCC(C)Nc1cnc(C(=O)Nc2cc(C(=O)OC)ccc2Cl)cn1. The number of ether oxygens (including phenoxy) is 1. The van der Waals surface area contributed by atoms with Gasteiger partial charge in [-0.15, -0.1) is 0 Å². The van der Waals surface area contributed by atoms with Crippen LogP contribution in [0.25, 0.3) is 0 Å². The predicted molar refractivity (Wildman–Crippen MR) is 96.2 cm³/mol. The molecule has 0 bridgehead atoms. The summed E-state index contributed by atoms with van der Waals surface area (Å²) in [6.07, 6.45) is 3.81. The standard InChI is InChI=1S/C17H19ClN4O3/c1-4-10(2)21-15-9-19-14(8-20-15)16(23)22-13-7-11(17(24)25-3)5-6-12(13)18/h5-10H,4H2,1-3H3,(H,20,21)(H,22,23). The second-order valence-corrected chi connectivity index (χ2v) is 5.79. The van der Waals surface area contributed by atoms with E-state index in [-0.39, 0.29) is 23.0 Å². The number of anilines is 2. The molecule has 1 unspecified atom stereocenters. The molecule has 25 heavy (non-hydrogen) atoms. The van der Waals surface area contributed by atoms with Crippen LogP contribution in [0.5, 0.6) is 0 Å². The molecule has 2 aromatic rings. The zero-order valence-electron chi connectivity index (χ0n) is 14.2. The van der Waals surface area contributed by atoms with E-state index in [4.69, 9.17) is 11.6 Å². The first-order chi connectivity index (χ1) is 11.9. The van der Waals surface area contributed by atoms with Crippen LogP contribution in [0, 0.1) is 0 Å². The third-order valence-corrected chi connectivity index (χ3v) is 3.86. The van der Waals surface area contributed by atoms with Crippen LogP contribution >= 0.6 is 11.6 Å². The number of carbonyl (C=O) groups excluding carboxylic acids is 2. The van der Waals surface area contributed by atoms with E-state index in [2.05, 4.69) is 32.3 Å². The lowest BCUT2D eigenvalue weighted by Gasteiger charge is -2.12. The van der Waals surface area contributed by atoms with Gasteiger partial charge in [0.05, 0.1) is 35.8 Å². The smallest absolute Gasteiger partial charge is 0.337 e. The minimum atomic E-state index is -0.521. The molecule has 7 nitrogen and oxygen atoms in total. The summed E-state index contributed by atoms with van der Waals surface area (Å²) in [5.41, 5.74) is 0.703. The van der Waals surface area contributed by atoms with E-state index in [1.54, 1.807) is 0 Å². The molecule has 1 amide bonds. The van der Waals surface area contributed by atoms with Gasteiger partial charge >= 0.3 is 5.97 Å². The monoisotopic (exact) mass is 362 g/mol. The maximum Gasteiger partial charge on any atom is 0.337 e. The van der Waals surface area contributed by atoms with Crippen molar-refractivity contribution in [3.63, 3.8) is 0 Å². The molecule has 0 aliphatic heterocycles. The Morgan fingerprint density at radius 2 is 2.04 bits per heavy atom. The second-order valence-electron chi connectivity index (χ2n) is 5.38. The van der Waals surface area contributed by atoms with Crippen LogP contribution in [0.1, 0.15) is 41.1 Å². The molecule has 2 rings (SSSR count). The maximum atomic E-state index is 12.3. The van der Waals surface area contributed by atoms with Crippen LogP contribution in [-0.2, 0) is 4.74 Å². The first-order valence-corrected chi connectivity index (χ1v) is 8.10. The van der Waals surface area contributed by atoms with Gasteiger partial charge in [-0.3, -0.25) is 4.79 Å². The molecule has 0 saturated heterocycles. The van der Waals surface area contributed by atoms with Crippen molar-refractivity contribution in [2.45, 2.75) is 26.3 Å². The van der Waals surface area contributed by atoms with Crippen molar-refractivity contribution in [3.05, 3.63) is 46.9 Å². The number of halogens is 1. The largest absolute Gasteiger partial charge is 0.465 e. The van der Waals surface area contributed by atoms with Gasteiger partial charge in [-0.05, 0) is 31.5 Å². The normalized spacial score (nSPS) is 11.5. The zero-order valence-corrected chi connectivity index (χ0v) is 14.9. The lowest BCUT2D eigenvalue weighted by molar-refractivity contribution is 0.0600. The molecule has 8 heteroatoms. The van der Waals surface area contributed by atoms with E-state index in [0.29, 0.717) is 10.8 Å². The molecule has 132 valence electrons. The number of nitrogens with one attached hydrogen (secondary N) is 2. The molecular formula is C17H19ClN4O3. The van der Waals surface area contributed by atoms with Gasteiger partial charge in [0.1, 0.15) is 11.5 Å². The topological polar surface area (TPSA) is 93.2 Å². The van der Waals surface area contributed by atoms with E-state index in [9.17, 15) is 9.59 Å². The molecule has 1 aromatic carbocycles. The average Bonchev–Trinajstić information content (AvgIpc) is 2.63. The van der Waals surface area contributed by atoms with Crippen LogP contribution < -0.4 is 10.6 Å². The summed E-state index contributed by atoms with van der Waals surface area (Å²) in [7, 11) is 1.28. The number of hydrogen-bond acceptors (Lipinski definition) is 6. The summed E-state index contributed by atoms with van der Waals surface area (Å²) in [6.45, 7) is 4.08. The molecular weight excluding hydrogens is 344 g/mol. The number of nitrogens with zero attached hydrogens (tertiary/aromatic N) is 2. The van der Waals surface area contributed by atoms with Crippen LogP contribution in [0.4, 0.5) is 11.5 Å². The number of methoxy groups -OCH3 is 1. The Hall–Kier alpha value is -2.67. The Balaban J connectivity index is 2.13. The van der Waals surface area contributed by atoms with E-state index in [0.717, 1.165) is 6.42 Å². The first-order valence-electron chi connectivity index (χ1n) is 7.72. The Morgan fingerprint density at radius 3 is 2.64 bits per heavy atom. The average molecular weight is 363 g/mol. The molecule has 0 spiro atoms. The van der Waals surface area contributed by atoms with Crippen LogP contribution in [0.2, 0.25) is 5.02 Å². The molecule has 0 radical (unpaired) electrons. The molecule has 1 heterocycles. The molecule has 0 saturated carbocycles. The van der Waals surface area contributed by atoms with Gasteiger partial charge in [-0.1, -0.05) is 18.5 Å². The van der Waals surface area contributed by atoms with Gasteiger partial charge in [0, 0.05) is 6.04 Å². The minimum absolute atomic E-state index is 0.134. The van der Waals surface area contributed by atoms with Crippen molar-refractivity contribution in [2.75, 3.05) is 17.7 Å². The van der Waals surface area contributed by atoms with Crippen molar-refractivity contribution >= 4 is 35.0 Å². The lowest BCUT2D eigenvalue weighted by atomic mass is 10.2. The second kappa shape index (κ2) is 8.43. The van der Waals surface area contributed by atoms with Crippen molar-refractivity contribution in [1.29, 1.82) is 0 Å². The van der Waals surface area contributed by atoms with Gasteiger partial charge in [-0.2, -0.15) is 0 Å². The quantitative estimate of drug-likeness (QED) is 0.765. The Bertz CT molecular complexity index is 765. The van der Waals surface area contributed by atoms with Crippen molar-refractivity contribution < 1.29 is 14.3 Å². The summed E-state index contributed by atoms with van der Waals surface area (Å²) in [6, 6.07) is 4.72. The van der Waals surface area contributed by atoms with Crippen LogP contribution in [-0.4, -0.2) is 35.0 Å². The highest BCUT2D eigenvalue weighted by Crippen LogP contribution is 2.24. The minimum Gasteiger partial charge on any atom is -0.465 e. The number of amides is 1. The third kappa shape index (κ3) is 4.90. The molecule has 0 fully saturated rings. The predicted octanol–water partition coefficient (Wildman–Crippen LogP) is 3.38. The number of aromatic nitrogens is 2. The van der Waals surface area contributed by atoms with E-state index in [1.807, 2.05) is 6.92 Å². The van der Waals surface area contributed by atoms with Crippen LogP contribution in [0.3, 0.4) is 0 Å². The van der Waals surface area contributed by atoms with Gasteiger partial charge in [0.15, 0.2) is 0 Å². The lowest BCUT2D eigenvalue weighted by Crippen LogP contribution is -2.17. The van der Waals surface area contributed by atoms with Crippen molar-refractivity contribution in [2.24, 2.45) is 0 Å². The fourth-order valence-electron chi connectivity index (χ4n) is 1.93. The highest BCUT2D eigenvalue weighted by molar-refractivity contribution is 6.34. The van der Waals surface area contributed by atoms with Crippen molar-refractivity contribution in [3.8, 4) is 0 Å². The first kappa shape index (κ1) is 18.7. The molecule has 1 atom stereocenters. The Labute approximate surface area is 150 Å². The Morgan fingerprint density at radius 1 is 1.28 bits per heavy atom. The third-order valence-electron chi connectivity index (χ3n) is 3.53. The number of rotatable bonds is 6. The fraction of sp³-hybridized carbons (Fsp3) is 0.294. The molecule has 1 aromatic heterocycles.